The third kappa shape index (κ3) is 2.25. The van der Waals surface area contributed by atoms with Crippen molar-refractivity contribution in [1.29, 1.82) is 0 Å². The van der Waals surface area contributed by atoms with Crippen LogP contribution in [0.5, 0.6) is 11.5 Å². The van der Waals surface area contributed by atoms with Crippen LogP contribution in [0.1, 0.15) is 16.7 Å². The Kier molecular flexibility index (Phi) is 3.48. The fourth-order valence-electron chi connectivity index (χ4n) is 2.05. The predicted molar refractivity (Wildman–Crippen MR) is 75.9 cm³/mol. The fraction of sp³-hybridized carbons (Fsp3) is 0.200. The van der Waals surface area contributed by atoms with E-state index < -0.39 is 9.84 Å². The van der Waals surface area contributed by atoms with Gasteiger partial charge in [-0.3, -0.25) is 0 Å². The molecule has 0 unspecified atom stereocenters. The maximum atomic E-state index is 12.6. The highest BCUT2D eigenvalue weighted by Gasteiger charge is 2.23. The van der Waals surface area contributed by atoms with Crippen molar-refractivity contribution in [2.75, 3.05) is 0 Å². The molecule has 0 radical (unpaired) electrons. The first-order chi connectivity index (χ1) is 9.25. The van der Waals surface area contributed by atoms with Crippen molar-refractivity contribution in [3.05, 3.63) is 47.0 Å². The number of para-hydroxylation sites is 1. The molecule has 2 N–H and O–H groups in total. The summed E-state index contributed by atoms with van der Waals surface area (Å²) in [5, 5.41) is 19.7. The number of hydrogen-bond acceptors (Lipinski definition) is 4. The molecular weight excluding hydrogens is 276 g/mol. The van der Waals surface area contributed by atoms with Gasteiger partial charge in [0.25, 0.3) is 0 Å². The lowest BCUT2D eigenvalue weighted by molar-refractivity contribution is 0.454. The van der Waals surface area contributed by atoms with Crippen molar-refractivity contribution in [3.8, 4) is 11.5 Å². The highest BCUT2D eigenvalue weighted by molar-refractivity contribution is 7.91. The first-order valence-corrected chi connectivity index (χ1v) is 7.57. The maximum absolute atomic E-state index is 12.6. The third-order valence-electron chi connectivity index (χ3n) is 3.27. The normalized spacial score (nSPS) is 11.6. The summed E-state index contributed by atoms with van der Waals surface area (Å²) in [6.07, 6.45) is 0. The average Bonchev–Trinajstić information content (AvgIpc) is 2.38. The molecule has 5 heteroatoms. The number of benzene rings is 2. The van der Waals surface area contributed by atoms with Crippen LogP contribution in [0.3, 0.4) is 0 Å². The average molecular weight is 292 g/mol. The molecule has 2 rings (SSSR count). The van der Waals surface area contributed by atoms with Crippen molar-refractivity contribution in [3.63, 3.8) is 0 Å². The molecular formula is C15H16O4S. The molecule has 2 aromatic carbocycles. The van der Waals surface area contributed by atoms with Gasteiger partial charge in [0.2, 0.25) is 9.84 Å². The van der Waals surface area contributed by atoms with Crippen molar-refractivity contribution in [2.45, 2.75) is 30.6 Å². The third-order valence-corrected chi connectivity index (χ3v) is 5.03. The van der Waals surface area contributed by atoms with Crippen LogP contribution in [0.2, 0.25) is 0 Å². The van der Waals surface area contributed by atoms with E-state index in [4.69, 9.17) is 0 Å². The smallest absolute Gasteiger partial charge is 0.210 e. The van der Waals surface area contributed by atoms with Gasteiger partial charge in [-0.2, -0.15) is 0 Å². The summed E-state index contributed by atoms with van der Waals surface area (Å²) in [4.78, 5) is -0.0619. The summed E-state index contributed by atoms with van der Waals surface area (Å²) in [5.41, 5.74) is 1.46. The van der Waals surface area contributed by atoms with E-state index in [2.05, 4.69) is 0 Å². The van der Waals surface area contributed by atoms with Gasteiger partial charge in [0.05, 0.1) is 4.90 Å². The number of aryl methyl sites for hydroxylation is 3. The van der Waals surface area contributed by atoms with E-state index in [0.29, 0.717) is 16.7 Å². The SMILES string of the molecule is Cc1cc(S(=O)(=O)c2cccc(C)c2O)cc(C)c1O. The molecule has 20 heavy (non-hydrogen) atoms. The minimum atomic E-state index is -3.82. The summed E-state index contributed by atoms with van der Waals surface area (Å²) in [6.45, 7) is 4.91. The molecule has 0 aromatic heterocycles. The molecule has 0 aliphatic carbocycles. The monoisotopic (exact) mass is 292 g/mol. The minimum Gasteiger partial charge on any atom is -0.507 e. The summed E-state index contributed by atoms with van der Waals surface area (Å²) < 4.78 is 25.2. The quantitative estimate of drug-likeness (QED) is 0.892. The van der Waals surface area contributed by atoms with Gasteiger partial charge in [0, 0.05) is 0 Å². The molecule has 2 aromatic rings. The molecule has 0 spiro atoms. The standard InChI is InChI=1S/C15H16O4S/c1-9-5-4-6-13(15(9)17)20(18,19)12-7-10(2)14(16)11(3)8-12/h4-8,16-17H,1-3H3. The van der Waals surface area contributed by atoms with E-state index in [1.54, 1.807) is 32.9 Å². The second-order valence-corrected chi connectivity index (χ2v) is 6.75. The van der Waals surface area contributed by atoms with E-state index in [1.165, 1.54) is 18.2 Å². The van der Waals surface area contributed by atoms with Crippen LogP contribution in [0, 0.1) is 20.8 Å². The highest BCUT2D eigenvalue weighted by Crippen LogP contribution is 2.33. The van der Waals surface area contributed by atoms with Crippen LogP contribution in [0.25, 0.3) is 0 Å². The molecule has 0 fully saturated rings. The zero-order valence-electron chi connectivity index (χ0n) is 11.5. The van der Waals surface area contributed by atoms with Crippen LogP contribution < -0.4 is 0 Å². The van der Waals surface area contributed by atoms with Crippen molar-refractivity contribution in [2.24, 2.45) is 0 Å². The Morgan fingerprint density at radius 2 is 1.40 bits per heavy atom. The van der Waals surface area contributed by atoms with Gasteiger partial charge >= 0.3 is 0 Å². The van der Waals surface area contributed by atoms with E-state index >= 15 is 0 Å². The Hall–Kier alpha value is -2.01. The van der Waals surface area contributed by atoms with Crippen LogP contribution in [0.15, 0.2) is 40.1 Å². The van der Waals surface area contributed by atoms with Gasteiger partial charge in [-0.15, -0.1) is 0 Å². The molecule has 0 amide bonds. The van der Waals surface area contributed by atoms with Crippen LogP contribution in [-0.4, -0.2) is 18.6 Å². The molecule has 4 nitrogen and oxygen atoms in total. The molecule has 106 valence electrons. The Bertz CT molecular complexity index is 753. The summed E-state index contributed by atoms with van der Waals surface area (Å²) in [7, 11) is -3.82. The van der Waals surface area contributed by atoms with Crippen LogP contribution in [0.4, 0.5) is 0 Å². The van der Waals surface area contributed by atoms with Crippen molar-refractivity contribution < 1.29 is 18.6 Å². The van der Waals surface area contributed by atoms with E-state index in [-0.39, 0.29) is 21.3 Å². The fourth-order valence-corrected chi connectivity index (χ4v) is 3.64. The number of sulfone groups is 1. The number of rotatable bonds is 2. The molecule has 0 atom stereocenters. The topological polar surface area (TPSA) is 74.6 Å². The maximum Gasteiger partial charge on any atom is 0.210 e. The Morgan fingerprint density at radius 1 is 0.850 bits per heavy atom. The highest BCUT2D eigenvalue weighted by atomic mass is 32.2. The van der Waals surface area contributed by atoms with Gasteiger partial charge in [-0.05, 0) is 55.7 Å². The first kappa shape index (κ1) is 14.4. The molecule has 0 saturated heterocycles. The van der Waals surface area contributed by atoms with Crippen LogP contribution in [-0.2, 0) is 9.84 Å². The molecule has 0 saturated carbocycles. The lowest BCUT2D eigenvalue weighted by Crippen LogP contribution is -2.04. The largest absolute Gasteiger partial charge is 0.507 e. The van der Waals surface area contributed by atoms with E-state index in [1.807, 2.05) is 0 Å². The lowest BCUT2D eigenvalue weighted by atomic mass is 10.1. The number of hydrogen-bond donors (Lipinski definition) is 2. The molecule has 0 aliphatic heterocycles. The zero-order valence-corrected chi connectivity index (χ0v) is 12.3. The molecule has 0 heterocycles. The number of phenolic OH excluding ortho intramolecular Hbond substituents is 2. The Balaban J connectivity index is 2.70. The van der Waals surface area contributed by atoms with Gasteiger partial charge in [-0.1, -0.05) is 12.1 Å². The Labute approximate surface area is 118 Å². The lowest BCUT2D eigenvalue weighted by Gasteiger charge is -2.11. The summed E-state index contributed by atoms with van der Waals surface area (Å²) >= 11 is 0. The predicted octanol–water partition coefficient (Wildman–Crippen LogP) is 2.86. The zero-order chi connectivity index (χ0) is 15.1. The summed E-state index contributed by atoms with van der Waals surface area (Å²) in [5.74, 6) is -0.159. The number of aromatic hydroxyl groups is 2. The van der Waals surface area contributed by atoms with Gasteiger partial charge < -0.3 is 10.2 Å². The van der Waals surface area contributed by atoms with E-state index in [9.17, 15) is 18.6 Å². The van der Waals surface area contributed by atoms with Gasteiger partial charge in [-0.25, -0.2) is 8.42 Å². The number of phenols is 2. The summed E-state index contributed by atoms with van der Waals surface area (Å²) in [6, 6.07) is 7.40. The van der Waals surface area contributed by atoms with Gasteiger partial charge in [0.1, 0.15) is 16.4 Å². The van der Waals surface area contributed by atoms with Gasteiger partial charge in [0.15, 0.2) is 0 Å². The molecule has 0 aliphatic rings. The second-order valence-electron chi connectivity index (χ2n) is 4.83. The minimum absolute atomic E-state index is 0.0613. The first-order valence-electron chi connectivity index (χ1n) is 6.09. The second kappa shape index (κ2) is 4.83. The van der Waals surface area contributed by atoms with Crippen molar-refractivity contribution >= 4 is 9.84 Å². The van der Waals surface area contributed by atoms with Crippen LogP contribution >= 0.6 is 0 Å². The van der Waals surface area contributed by atoms with E-state index in [0.717, 1.165) is 0 Å². The van der Waals surface area contributed by atoms with Crippen molar-refractivity contribution in [1.82, 2.24) is 0 Å². The molecule has 0 bridgehead atoms. The Morgan fingerprint density at radius 3 is 1.95 bits per heavy atom.